The summed E-state index contributed by atoms with van der Waals surface area (Å²) in [4.78, 5) is 24.6. The topological polar surface area (TPSA) is 67.4 Å². The SMILES string of the molecule is C1=CNOC=C1.O=C1C=CC(=O)N1. The van der Waals surface area contributed by atoms with E-state index < -0.39 is 0 Å². The van der Waals surface area contributed by atoms with Gasteiger partial charge in [0.1, 0.15) is 6.26 Å². The van der Waals surface area contributed by atoms with Gasteiger partial charge in [0.25, 0.3) is 11.8 Å². The van der Waals surface area contributed by atoms with Crippen LogP contribution in [0.15, 0.2) is 36.8 Å². The average Bonchev–Trinajstić information content (AvgIpc) is 2.54. The Morgan fingerprint density at radius 2 is 1.77 bits per heavy atom. The maximum Gasteiger partial charge on any atom is 0.250 e. The van der Waals surface area contributed by atoms with Gasteiger partial charge in [0.15, 0.2) is 0 Å². The molecule has 0 aliphatic carbocycles. The minimum Gasteiger partial charge on any atom is -0.391 e. The molecule has 68 valence electrons. The Hall–Kier alpha value is -2.04. The van der Waals surface area contributed by atoms with E-state index in [0.29, 0.717) is 0 Å². The van der Waals surface area contributed by atoms with E-state index in [1.54, 1.807) is 18.5 Å². The molecule has 0 aromatic heterocycles. The first-order chi connectivity index (χ1) is 6.29. The minimum atomic E-state index is -0.329. The summed E-state index contributed by atoms with van der Waals surface area (Å²) >= 11 is 0. The van der Waals surface area contributed by atoms with Crippen LogP contribution in [-0.4, -0.2) is 11.8 Å². The summed E-state index contributed by atoms with van der Waals surface area (Å²) in [6.07, 6.45) is 9.32. The molecule has 2 heterocycles. The van der Waals surface area contributed by atoms with Crippen molar-refractivity contribution in [3.8, 4) is 0 Å². The molecule has 0 unspecified atom stereocenters. The van der Waals surface area contributed by atoms with Crippen molar-refractivity contribution in [3.63, 3.8) is 0 Å². The summed E-state index contributed by atoms with van der Waals surface area (Å²) in [5.74, 6) is -0.657. The third-order valence-corrected chi connectivity index (χ3v) is 1.12. The van der Waals surface area contributed by atoms with Crippen molar-refractivity contribution in [2.75, 3.05) is 0 Å². The molecule has 2 aliphatic rings. The summed E-state index contributed by atoms with van der Waals surface area (Å²) in [5, 5.41) is 2.03. The molecular formula is C8H8N2O3. The van der Waals surface area contributed by atoms with E-state index in [2.05, 4.69) is 10.3 Å². The van der Waals surface area contributed by atoms with Gasteiger partial charge in [-0.1, -0.05) is 0 Å². The fraction of sp³-hybridized carbons (Fsp3) is 0. The van der Waals surface area contributed by atoms with Crippen LogP contribution in [0.2, 0.25) is 0 Å². The van der Waals surface area contributed by atoms with Gasteiger partial charge in [-0.25, -0.2) is 5.48 Å². The fourth-order valence-corrected chi connectivity index (χ4v) is 0.614. The molecule has 0 spiro atoms. The summed E-state index contributed by atoms with van der Waals surface area (Å²) in [7, 11) is 0. The summed E-state index contributed by atoms with van der Waals surface area (Å²) in [5.41, 5.74) is 2.52. The monoisotopic (exact) mass is 180 g/mol. The Bertz CT molecular complexity index is 264. The molecule has 5 heteroatoms. The van der Waals surface area contributed by atoms with Crippen molar-refractivity contribution in [2.24, 2.45) is 0 Å². The number of amides is 2. The highest BCUT2D eigenvalue weighted by atomic mass is 16.6. The Morgan fingerprint density at radius 1 is 1.08 bits per heavy atom. The van der Waals surface area contributed by atoms with Crippen molar-refractivity contribution >= 4 is 11.8 Å². The molecule has 2 amide bonds. The first-order valence-corrected chi connectivity index (χ1v) is 3.55. The van der Waals surface area contributed by atoms with E-state index in [4.69, 9.17) is 0 Å². The Morgan fingerprint density at radius 3 is 1.92 bits per heavy atom. The smallest absolute Gasteiger partial charge is 0.250 e. The number of allylic oxidation sites excluding steroid dienone is 2. The lowest BCUT2D eigenvalue weighted by Crippen LogP contribution is -2.19. The highest BCUT2D eigenvalue weighted by molar-refractivity contribution is 6.12. The van der Waals surface area contributed by atoms with Gasteiger partial charge in [-0.15, -0.1) is 0 Å². The Balaban J connectivity index is 0.000000132. The van der Waals surface area contributed by atoms with E-state index in [9.17, 15) is 9.59 Å². The second-order valence-corrected chi connectivity index (χ2v) is 2.11. The van der Waals surface area contributed by atoms with Crippen LogP contribution in [0.5, 0.6) is 0 Å². The maximum atomic E-state index is 10.0. The number of carbonyl (C=O) groups excluding carboxylic acids is 2. The zero-order valence-electron chi connectivity index (χ0n) is 6.69. The molecule has 0 aromatic carbocycles. The van der Waals surface area contributed by atoms with Crippen LogP contribution in [0.4, 0.5) is 0 Å². The van der Waals surface area contributed by atoms with Gasteiger partial charge in [-0.05, 0) is 12.2 Å². The molecule has 2 N–H and O–H groups in total. The number of hydroxylamine groups is 1. The zero-order chi connectivity index (χ0) is 9.52. The van der Waals surface area contributed by atoms with Gasteiger partial charge in [0.05, 0.1) is 0 Å². The second-order valence-electron chi connectivity index (χ2n) is 2.11. The number of imide groups is 1. The van der Waals surface area contributed by atoms with Crippen molar-refractivity contribution < 1.29 is 14.4 Å². The van der Waals surface area contributed by atoms with Crippen molar-refractivity contribution in [3.05, 3.63) is 36.8 Å². The predicted octanol–water partition coefficient (Wildman–Crippen LogP) is -0.252. The van der Waals surface area contributed by atoms with Crippen molar-refractivity contribution in [2.45, 2.75) is 0 Å². The summed E-state index contributed by atoms with van der Waals surface area (Å²) in [6.45, 7) is 0. The van der Waals surface area contributed by atoms with Crippen LogP contribution in [-0.2, 0) is 14.4 Å². The van der Waals surface area contributed by atoms with E-state index in [1.165, 1.54) is 12.2 Å². The molecule has 0 saturated heterocycles. The van der Waals surface area contributed by atoms with Crippen LogP contribution in [0.3, 0.4) is 0 Å². The number of hydrogen-bond donors (Lipinski definition) is 2. The largest absolute Gasteiger partial charge is 0.391 e. The number of rotatable bonds is 0. The third kappa shape index (κ3) is 3.76. The van der Waals surface area contributed by atoms with E-state index in [-0.39, 0.29) is 11.8 Å². The van der Waals surface area contributed by atoms with Crippen molar-refractivity contribution in [1.82, 2.24) is 10.8 Å². The van der Waals surface area contributed by atoms with Crippen LogP contribution in [0.1, 0.15) is 0 Å². The van der Waals surface area contributed by atoms with Gasteiger partial charge in [-0.2, -0.15) is 0 Å². The highest BCUT2D eigenvalue weighted by Gasteiger charge is 2.06. The zero-order valence-corrected chi connectivity index (χ0v) is 6.69. The Kier molecular flexibility index (Phi) is 3.31. The molecule has 0 atom stereocenters. The van der Waals surface area contributed by atoms with Crippen LogP contribution < -0.4 is 10.8 Å². The predicted molar refractivity (Wildman–Crippen MR) is 44.8 cm³/mol. The molecule has 2 aliphatic heterocycles. The molecule has 0 radical (unpaired) electrons. The average molecular weight is 180 g/mol. The quantitative estimate of drug-likeness (QED) is 0.504. The normalized spacial score (nSPS) is 16.9. The molecule has 2 rings (SSSR count). The minimum absolute atomic E-state index is 0.329. The molecule has 5 nitrogen and oxygen atoms in total. The van der Waals surface area contributed by atoms with Gasteiger partial charge >= 0.3 is 0 Å². The van der Waals surface area contributed by atoms with Gasteiger partial charge in [0.2, 0.25) is 0 Å². The van der Waals surface area contributed by atoms with E-state index in [0.717, 1.165) is 0 Å². The molecule has 13 heavy (non-hydrogen) atoms. The summed E-state index contributed by atoms with van der Waals surface area (Å²) < 4.78 is 0. The lowest BCUT2D eigenvalue weighted by atomic mass is 10.6. The van der Waals surface area contributed by atoms with E-state index >= 15 is 0 Å². The van der Waals surface area contributed by atoms with Gasteiger partial charge in [-0.3, -0.25) is 14.9 Å². The lowest BCUT2D eigenvalue weighted by Gasteiger charge is -1.97. The lowest BCUT2D eigenvalue weighted by molar-refractivity contribution is -0.123. The van der Waals surface area contributed by atoms with Crippen LogP contribution in [0, 0.1) is 0 Å². The molecule has 0 aromatic rings. The van der Waals surface area contributed by atoms with Crippen LogP contribution in [0.25, 0.3) is 0 Å². The Labute approximate surface area is 74.7 Å². The molecule has 0 saturated carbocycles. The first-order valence-electron chi connectivity index (χ1n) is 3.55. The third-order valence-electron chi connectivity index (χ3n) is 1.12. The van der Waals surface area contributed by atoms with Gasteiger partial charge < -0.3 is 4.84 Å². The summed E-state index contributed by atoms with van der Waals surface area (Å²) in [6, 6.07) is 0. The molecule has 0 fully saturated rings. The van der Waals surface area contributed by atoms with Crippen LogP contribution >= 0.6 is 0 Å². The van der Waals surface area contributed by atoms with E-state index in [1.807, 2.05) is 11.4 Å². The fourth-order valence-electron chi connectivity index (χ4n) is 0.614. The first kappa shape index (κ1) is 9.05. The number of hydrogen-bond acceptors (Lipinski definition) is 4. The molecular weight excluding hydrogens is 172 g/mol. The van der Waals surface area contributed by atoms with Crippen molar-refractivity contribution in [1.29, 1.82) is 0 Å². The second kappa shape index (κ2) is 4.76. The number of carbonyl (C=O) groups is 2. The number of nitrogens with one attached hydrogen (secondary N) is 2. The molecule has 0 bridgehead atoms. The van der Waals surface area contributed by atoms with Gasteiger partial charge in [0, 0.05) is 18.4 Å². The standard InChI is InChI=1S/C4H3NO2.C4H5NO/c6-3-1-2-4(7)5-3;1-2-4-6-5-3-1/h1-2H,(H,5,6,7);1-5H. The highest BCUT2D eigenvalue weighted by Crippen LogP contribution is 1.82. The maximum absolute atomic E-state index is 10.0.